The normalized spacial score (nSPS) is 11.0. The van der Waals surface area contributed by atoms with E-state index in [9.17, 15) is 0 Å². The highest BCUT2D eigenvalue weighted by molar-refractivity contribution is 7.99. The van der Waals surface area contributed by atoms with E-state index in [1.54, 1.807) is 0 Å². The molecule has 0 aliphatic carbocycles. The summed E-state index contributed by atoms with van der Waals surface area (Å²) in [4.78, 5) is 2.87. The Hall–Kier alpha value is -1.21. The largest absolute Gasteiger partial charge is 0.0889 e. The van der Waals surface area contributed by atoms with E-state index in [2.05, 4.69) is 67.5 Å². The minimum absolute atomic E-state index is 1.39. The van der Waals surface area contributed by atoms with Crippen molar-refractivity contribution < 1.29 is 0 Å². The van der Waals surface area contributed by atoms with Crippen molar-refractivity contribution in [3.63, 3.8) is 0 Å². The monoisotopic (exact) mass is 298 g/mol. The van der Waals surface area contributed by atoms with E-state index in [1.807, 2.05) is 11.8 Å². The molecule has 0 atom stereocenters. The molecule has 21 heavy (non-hydrogen) atoms. The molecular weight excluding hydrogens is 272 g/mol. The molecule has 1 heteroatoms. The smallest absolute Gasteiger partial charge is 0.0186 e. The summed E-state index contributed by atoms with van der Waals surface area (Å²) in [6, 6.07) is 4.60. The first-order valence-corrected chi connectivity index (χ1v) is 8.38. The zero-order chi connectivity index (χ0) is 15.9. The molecule has 0 aliphatic heterocycles. The van der Waals surface area contributed by atoms with E-state index < -0.39 is 0 Å². The Morgan fingerprint density at radius 2 is 0.714 bits per heavy atom. The fourth-order valence-corrected chi connectivity index (χ4v) is 4.23. The first-order chi connectivity index (χ1) is 9.73. The Labute approximate surface area is 134 Å². The molecule has 0 aromatic heterocycles. The maximum atomic E-state index is 2.30. The van der Waals surface area contributed by atoms with Crippen LogP contribution in [0.2, 0.25) is 0 Å². The SMILES string of the molecule is Cc1cc(C)c(C)c(Sc2c(C)c(C)cc(C)c2C)c1C. The lowest BCUT2D eigenvalue weighted by atomic mass is 10.0. The molecule has 0 radical (unpaired) electrons. The van der Waals surface area contributed by atoms with E-state index in [4.69, 9.17) is 0 Å². The average molecular weight is 298 g/mol. The molecule has 112 valence electrons. The number of rotatable bonds is 2. The molecule has 0 unspecified atom stereocenters. The summed E-state index contributed by atoms with van der Waals surface area (Å²) in [5.41, 5.74) is 11.2. The summed E-state index contributed by atoms with van der Waals surface area (Å²) >= 11 is 1.95. The molecule has 0 heterocycles. The van der Waals surface area contributed by atoms with Crippen molar-refractivity contribution in [1.29, 1.82) is 0 Å². The Morgan fingerprint density at radius 3 is 0.952 bits per heavy atom. The van der Waals surface area contributed by atoms with Gasteiger partial charge in [0, 0.05) is 9.79 Å². The van der Waals surface area contributed by atoms with E-state index in [0.29, 0.717) is 0 Å². The molecule has 0 nitrogen and oxygen atoms in total. The van der Waals surface area contributed by atoms with Gasteiger partial charge in [0.2, 0.25) is 0 Å². The zero-order valence-electron chi connectivity index (χ0n) is 14.6. The average Bonchev–Trinajstić information content (AvgIpc) is 2.42. The molecule has 0 aliphatic rings. The summed E-state index contributed by atoms with van der Waals surface area (Å²) in [5, 5.41) is 0. The lowest BCUT2D eigenvalue weighted by molar-refractivity contribution is 1.10. The van der Waals surface area contributed by atoms with Gasteiger partial charge in [-0.1, -0.05) is 23.9 Å². The maximum Gasteiger partial charge on any atom is 0.0186 e. The van der Waals surface area contributed by atoms with Gasteiger partial charge in [0.05, 0.1) is 0 Å². The van der Waals surface area contributed by atoms with Crippen LogP contribution < -0.4 is 0 Å². The van der Waals surface area contributed by atoms with Gasteiger partial charge < -0.3 is 0 Å². The third kappa shape index (κ3) is 2.89. The highest BCUT2D eigenvalue weighted by Gasteiger charge is 2.14. The topological polar surface area (TPSA) is 0 Å². The quantitative estimate of drug-likeness (QED) is 0.626. The molecule has 2 aromatic rings. The minimum atomic E-state index is 1.39. The van der Waals surface area contributed by atoms with Crippen LogP contribution in [0.4, 0.5) is 0 Å². The van der Waals surface area contributed by atoms with Gasteiger partial charge in [-0.3, -0.25) is 0 Å². The van der Waals surface area contributed by atoms with E-state index in [1.165, 1.54) is 54.3 Å². The number of aryl methyl sites for hydroxylation is 4. The predicted octanol–water partition coefficient (Wildman–Crippen LogP) is 6.31. The van der Waals surface area contributed by atoms with Crippen LogP contribution >= 0.6 is 11.8 Å². The second kappa shape index (κ2) is 5.88. The summed E-state index contributed by atoms with van der Waals surface area (Å²) in [6.07, 6.45) is 0. The first-order valence-electron chi connectivity index (χ1n) is 7.56. The molecule has 0 spiro atoms. The van der Waals surface area contributed by atoms with Gasteiger partial charge in [0.1, 0.15) is 0 Å². The summed E-state index contributed by atoms with van der Waals surface area (Å²) in [7, 11) is 0. The molecule has 0 N–H and O–H groups in total. The zero-order valence-corrected chi connectivity index (χ0v) is 15.4. The van der Waals surface area contributed by atoms with Crippen molar-refractivity contribution in [3.8, 4) is 0 Å². The highest BCUT2D eigenvalue weighted by Crippen LogP contribution is 2.40. The van der Waals surface area contributed by atoms with Crippen LogP contribution in [-0.4, -0.2) is 0 Å². The third-order valence-corrected chi connectivity index (χ3v) is 6.43. The lowest BCUT2D eigenvalue weighted by Gasteiger charge is -2.19. The molecule has 0 amide bonds. The Bertz CT molecular complexity index is 595. The highest BCUT2D eigenvalue weighted by atomic mass is 32.2. The third-order valence-electron chi connectivity index (χ3n) is 4.80. The Kier molecular flexibility index (Phi) is 4.53. The van der Waals surface area contributed by atoms with Crippen molar-refractivity contribution in [2.45, 2.75) is 65.2 Å². The second-order valence-corrected chi connectivity index (χ2v) is 7.30. The Balaban J connectivity index is 2.64. The van der Waals surface area contributed by atoms with Crippen molar-refractivity contribution in [2.24, 2.45) is 0 Å². The van der Waals surface area contributed by atoms with E-state index >= 15 is 0 Å². The van der Waals surface area contributed by atoms with Crippen LogP contribution in [0.3, 0.4) is 0 Å². The van der Waals surface area contributed by atoms with Gasteiger partial charge in [0.25, 0.3) is 0 Å². The van der Waals surface area contributed by atoms with Gasteiger partial charge in [-0.2, -0.15) is 0 Å². The second-order valence-electron chi connectivity index (χ2n) is 6.28. The summed E-state index contributed by atoms with van der Waals surface area (Å²) in [6.45, 7) is 17.9. The number of benzene rings is 2. The van der Waals surface area contributed by atoms with Gasteiger partial charge in [-0.25, -0.2) is 0 Å². The fraction of sp³-hybridized carbons (Fsp3) is 0.400. The van der Waals surface area contributed by atoms with Gasteiger partial charge in [0.15, 0.2) is 0 Å². The van der Waals surface area contributed by atoms with Crippen molar-refractivity contribution >= 4 is 11.8 Å². The molecular formula is C20H26S. The van der Waals surface area contributed by atoms with Crippen LogP contribution in [0.25, 0.3) is 0 Å². The van der Waals surface area contributed by atoms with Crippen molar-refractivity contribution in [2.75, 3.05) is 0 Å². The molecule has 2 aromatic carbocycles. The van der Waals surface area contributed by atoms with Crippen molar-refractivity contribution in [1.82, 2.24) is 0 Å². The predicted molar refractivity (Wildman–Crippen MR) is 94.9 cm³/mol. The van der Waals surface area contributed by atoms with Crippen LogP contribution in [0.5, 0.6) is 0 Å². The van der Waals surface area contributed by atoms with Gasteiger partial charge in [-0.15, -0.1) is 0 Å². The van der Waals surface area contributed by atoms with Crippen LogP contribution in [0, 0.1) is 55.4 Å². The van der Waals surface area contributed by atoms with Crippen LogP contribution in [0.1, 0.15) is 44.5 Å². The minimum Gasteiger partial charge on any atom is -0.0889 e. The van der Waals surface area contributed by atoms with Crippen LogP contribution in [-0.2, 0) is 0 Å². The van der Waals surface area contributed by atoms with Crippen molar-refractivity contribution in [3.05, 3.63) is 56.6 Å². The molecule has 0 fully saturated rings. The molecule has 2 rings (SSSR count). The summed E-state index contributed by atoms with van der Waals surface area (Å²) in [5.74, 6) is 0. The standard InChI is InChI=1S/C20H26S/c1-11-9-12(2)16(6)19(15(11)5)21-20-17(7)13(3)10-14(4)18(20)8/h9-10H,1-8H3. The number of hydrogen-bond acceptors (Lipinski definition) is 1. The van der Waals surface area contributed by atoms with Crippen LogP contribution in [0.15, 0.2) is 21.9 Å². The summed E-state index contributed by atoms with van der Waals surface area (Å²) < 4.78 is 0. The fourth-order valence-electron chi connectivity index (χ4n) is 2.77. The van der Waals surface area contributed by atoms with Gasteiger partial charge >= 0.3 is 0 Å². The van der Waals surface area contributed by atoms with E-state index in [0.717, 1.165) is 0 Å². The first kappa shape index (κ1) is 16.2. The van der Waals surface area contributed by atoms with Gasteiger partial charge in [-0.05, 0) is 99.9 Å². The molecule has 0 saturated heterocycles. The molecule has 0 bridgehead atoms. The lowest BCUT2D eigenvalue weighted by Crippen LogP contribution is -1.97. The van der Waals surface area contributed by atoms with E-state index in [-0.39, 0.29) is 0 Å². The Morgan fingerprint density at radius 1 is 0.476 bits per heavy atom. The molecule has 0 saturated carbocycles. The number of hydrogen-bond donors (Lipinski definition) is 0. The maximum absolute atomic E-state index is 2.30.